The zero-order valence-corrected chi connectivity index (χ0v) is 5.27. The molecule has 0 spiro atoms. The van der Waals surface area contributed by atoms with Gasteiger partial charge in [-0.1, -0.05) is 0 Å². The Morgan fingerprint density at radius 2 is 1.90 bits per heavy atom. The highest BCUT2D eigenvalue weighted by molar-refractivity contribution is 5.71. The van der Waals surface area contributed by atoms with E-state index >= 15 is 0 Å². The minimum absolute atomic E-state index is 0.341. The molecule has 0 aliphatic rings. The number of carboxylic acids is 1. The average Bonchev–Trinajstić information content (AvgIpc) is 1.87. The van der Waals surface area contributed by atoms with Gasteiger partial charge in [-0.25, -0.2) is 4.79 Å². The first-order chi connectivity index (χ1) is 4.57. The smallest absolute Gasteiger partial charge is 0.332 e. The molecule has 0 aliphatic carbocycles. The minimum atomic E-state index is -1.60. The van der Waals surface area contributed by atoms with E-state index in [0.717, 1.165) is 0 Å². The molecule has 0 unspecified atom stereocenters. The monoisotopic (exact) mass is 150 g/mol. The van der Waals surface area contributed by atoms with E-state index in [4.69, 9.17) is 20.4 Å². The van der Waals surface area contributed by atoms with Gasteiger partial charge in [0, 0.05) is 6.42 Å². The lowest BCUT2D eigenvalue weighted by atomic mass is 10.2. The molecule has 5 heteroatoms. The van der Waals surface area contributed by atoms with Crippen molar-refractivity contribution in [2.24, 2.45) is 0 Å². The summed E-state index contributed by atoms with van der Waals surface area (Å²) in [4.78, 5) is 9.91. The minimum Gasteiger partial charge on any atom is -0.479 e. The standard InChI is InChI=1S/C5H10O5/c6-2-3(7)1-4(8)5(9)10/h3-4,6-8H,1-2H2,(H,9,10)/t3-,4-/m0/s1. The van der Waals surface area contributed by atoms with Gasteiger partial charge in [0.25, 0.3) is 0 Å². The maximum atomic E-state index is 9.91. The second kappa shape index (κ2) is 4.21. The van der Waals surface area contributed by atoms with Crippen molar-refractivity contribution >= 4 is 5.97 Å². The highest BCUT2D eigenvalue weighted by atomic mass is 16.4. The molecular weight excluding hydrogens is 140 g/mol. The van der Waals surface area contributed by atoms with Crippen molar-refractivity contribution in [2.45, 2.75) is 18.6 Å². The van der Waals surface area contributed by atoms with Crippen LogP contribution in [0.4, 0.5) is 0 Å². The SMILES string of the molecule is O=C(O)[C@@H](O)C[C@H](O)CO. The van der Waals surface area contributed by atoms with Crippen LogP contribution < -0.4 is 0 Å². The number of aliphatic hydroxyl groups excluding tert-OH is 3. The third kappa shape index (κ3) is 3.39. The van der Waals surface area contributed by atoms with Crippen LogP contribution in [0.2, 0.25) is 0 Å². The van der Waals surface area contributed by atoms with Crippen molar-refractivity contribution in [3.63, 3.8) is 0 Å². The molecule has 10 heavy (non-hydrogen) atoms. The Balaban J connectivity index is 3.56. The molecule has 4 N–H and O–H groups in total. The third-order valence-corrected chi connectivity index (χ3v) is 0.991. The predicted molar refractivity (Wildman–Crippen MR) is 31.4 cm³/mol. The third-order valence-electron chi connectivity index (χ3n) is 0.991. The van der Waals surface area contributed by atoms with Crippen LogP contribution in [0.25, 0.3) is 0 Å². The van der Waals surface area contributed by atoms with Gasteiger partial charge in [-0.3, -0.25) is 0 Å². The average molecular weight is 150 g/mol. The van der Waals surface area contributed by atoms with Crippen LogP contribution in [0.15, 0.2) is 0 Å². The molecule has 60 valence electrons. The van der Waals surface area contributed by atoms with E-state index < -0.39 is 24.8 Å². The van der Waals surface area contributed by atoms with Gasteiger partial charge in [-0.05, 0) is 0 Å². The largest absolute Gasteiger partial charge is 0.479 e. The summed E-state index contributed by atoms with van der Waals surface area (Å²) in [5.74, 6) is -1.40. The van der Waals surface area contributed by atoms with Gasteiger partial charge in [0.2, 0.25) is 0 Å². The van der Waals surface area contributed by atoms with E-state index in [1.54, 1.807) is 0 Å². The molecule has 0 radical (unpaired) electrons. The first-order valence-corrected chi connectivity index (χ1v) is 2.77. The fourth-order valence-electron chi connectivity index (χ4n) is 0.433. The van der Waals surface area contributed by atoms with E-state index in [9.17, 15) is 4.79 Å². The van der Waals surface area contributed by atoms with E-state index in [1.807, 2.05) is 0 Å². The van der Waals surface area contributed by atoms with Crippen LogP contribution in [0.3, 0.4) is 0 Å². The van der Waals surface area contributed by atoms with Crippen molar-refractivity contribution in [1.29, 1.82) is 0 Å². The van der Waals surface area contributed by atoms with Gasteiger partial charge in [-0.15, -0.1) is 0 Å². The highest BCUT2D eigenvalue weighted by Gasteiger charge is 2.16. The molecule has 0 saturated heterocycles. The van der Waals surface area contributed by atoms with Gasteiger partial charge in [0.05, 0.1) is 12.7 Å². The molecule has 5 nitrogen and oxygen atoms in total. The van der Waals surface area contributed by atoms with Crippen molar-refractivity contribution in [3.05, 3.63) is 0 Å². The Kier molecular flexibility index (Phi) is 3.94. The predicted octanol–water partition coefficient (Wildman–Crippen LogP) is -1.82. The lowest BCUT2D eigenvalue weighted by Crippen LogP contribution is -2.27. The Morgan fingerprint density at radius 3 is 2.20 bits per heavy atom. The summed E-state index contributed by atoms with van der Waals surface area (Å²) in [6.07, 6.45) is -3.10. The summed E-state index contributed by atoms with van der Waals surface area (Å²) in [7, 11) is 0. The summed E-state index contributed by atoms with van der Waals surface area (Å²) in [6.45, 7) is -0.537. The Bertz CT molecular complexity index is 113. The molecule has 0 bridgehead atoms. The summed E-state index contributed by atoms with van der Waals surface area (Å²) in [5, 5.41) is 33.5. The Labute approximate surface area is 57.5 Å². The molecule has 0 aromatic heterocycles. The van der Waals surface area contributed by atoms with Crippen LogP contribution in [-0.4, -0.2) is 45.2 Å². The van der Waals surface area contributed by atoms with Crippen molar-refractivity contribution in [1.82, 2.24) is 0 Å². The summed E-state index contributed by atoms with van der Waals surface area (Å²) in [6, 6.07) is 0. The molecule has 0 aliphatic heterocycles. The molecule has 0 amide bonds. The molecular formula is C5H10O5. The van der Waals surface area contributed by atoms with E-state index in [-0.39, 0.29) is 6.42 Å². The molecule has 0 heterocycles. The summed E-state index contributed by atoms with van der Waals surface area (Å²) >= 11 is 0. The normalized spacial score (nSPS) is 16.3. The second-order valence-electron chi connectivity index (χ2n) is 1.93. The molecule has 0 aromatic carbocycles. The molecule has 0 saturated carbocycles. The van der Waals surface area contributed by atoms with E-state index in [0.29, 0.717) is 0 Å². The lowest BCUT2D eigenvalue weighted by molar-refractivity contribution is -0.148. The van der Waals surface area contributed by atoms with Gasteiger partial charge >= 0.3 is 5.97 Å². The number of hydrogen-bond acceptors (Lipinski definition) is 4. The number of aliphatic carboxylic acids is 1. The van der Waals surface area contributed by atoms with Crippen LogP contribution >= 0.6 is 0 Å². The quantitative estimate of drug-likeness (QED) is 0.378. The van der Waals surface area contributed by atoms with Crippen LogP contribution in [0, 0.1) is 0 Å². The highest BCUT2D eigenvalue weighted by Crippen LogP contribution is 1.96. The number of hydrogen-bond donors (Lipinski definition) is 4. The van der Waals surface area contributed by atoms with Crippen LogP contribution in [0.1, 0.15) is 6.42 Å². The van der Waals surface area contributed by atoms with Gasteiger partial charge in [-0.2, -0.15) is 0 Å². The molecule has 0 rings (SSSR count). The summed E-state index contributed by atoms with van der Waals surface area (Å²) in [5.41, 5.74) is 0. The van der Waals surface area contributed by atoms with Crippen molar-refractivity contribution < 1.29 is 25.2 Å². The maximum absolute atomic E-state index is 9.91. The zero-order chi connectivity index (χ0) is 8.15. The van der Waals surface area contributed by atoms with Gasteiger partial charge < -0.3 is 20.4 Å². The zero-order valence-electron chi connectivity index (χ0n) is 5.27. The number of carbonyl (C=O) groups is 1. The topological polar surface area (TPSA) is 98.0 Å². The number of carboxylic acid groups (broad SMARTS) is 1. The number of aliphatic hydroxyl groups is 3. The lowest BCUT2D eigenvalue weighted by Gasteiger charge is -2.08. The summed E-state index contributed by atoms with van der Waals surface area (Å²) < 4.78 is 0. The Hall–Kier alpha value is -0.650. The molecule has 0 fully saturated rings. The molecule has 0 aromatic rings. The fourth-order valence-corrected chi connectivity index (χ4v) is 0.433. The Morgan fingerprint density at radius 1 is 1.40 bits per heavy atom. The number of rotatable bonds is 4. The van der Waals surface area contributed by atoms with E-state index in [2.05, 4.69) is 0 Å². The van der Waals surface area contributed by atoms with Crippen molar-refractivity contribution in [2.75, 3.05) is 6.61 Å². The first-order valence-electron chi connectivity index (χ1n) is 2.77. The molecule has 2 atom stereocenters. The van der Waals surface area contributed by atoms with Crippen molar-refractivity contribution in [3.8, 4) is 0 Å². The van der Waals surface area contributed by atoms with Gasteiger partial charge in [0.15, 0.2) is 6.10 Å². The van der Waals surface area contributed by atoms with Crippen LogP contribution in [-0.2, 0) is 4.79 Å². The first kappa shape index (κ1) is 9.35. The fraction of sp³-hybridized carbons (Fsp3) is 0.800. The second-order valence-corrected chi connectivity index (χ2v) is 1.93. The van der Waals surface area contributed by atoms with Crippen LogP contribution in [0.5, 0.6) is 0 Å². The van der Waals surface area contributed by atoms with E-state index in [1.165, 1.54) is 0 Å². The van der Waals surface area contributed by atoms with Gasteiger partial charge in [0.1, 0.15) is 0 Å². The maximum Gasteiger partial charge on any atom is 0.332 e.